The van der Waals surface area contributed by atoms with Crippen molar-refractivity contribution in [2.75, 3.05) is 0 Å². The van der Waals surface area contributed by atoms with E-state index in [9.17, 15) is 9.59 Å². The largest absolute Gasteiger partial charge is 0.345 e. The Hall–Kier alpha value is -1.60. The molecule has 0 fully saturated rings. The van der Waals surface area contributed by atoms with E-state index in [1.54, 1.807) is 23.9 Å². The standard InChI is InChI=1S/C12H12BrN3O2S/c1-7-3-4-19-10(7)12(18)15-14-11(17)9-5-8(13)6-16(9)2/h3-6H,1-2H3,(H,14,17)(H,15,18). The Balaban J connectivity index is 2.00. The first-order valence-corrected chi connectivity index (χ1v) is 7.13. The molecule has 0 aromatic carbocycles. The molecular formula is C12H12BrN3O2S. The van der Waals surface area contributed by atoms with Gasteiger partial charge in [-0.25, -0.2) is 0 Å². The van der Waals surface area contributed by atoms with Crippen molar-refractivity contribution in [2.45, 2.75) is 6.92 Å². The number of amides is 2. The van der Waals surface area contributed by atoms with Crippen molar-refractivity contribution in [2.24, 2.45) is 7.05 Å². The molecule has 0 radical (unpaired) electrons. The molecule has 0 saturated carbocycles. The molecule has 2 aromatic rings. The molecule has 7 heteroatoms. The van der Waals surface area contributed by atoms with Crippen LogP contribution in [0.4, 0.5) is 0 Å². The zero-order valence-corrected chi connectivity index (χ0v) is 12.8. The van der Waals surface area contributed by atoms with Gasteiger partial charge in [-0.05, 0) is 45.9 Å². The number of halogens is 1. The van der Waals surface area contributed by atoms with E-state index < -0.39 is 0 Å². The smallest absolute Gasteiger partial charge is 0.286 e. The van der Waals surface area contributed by atoms with Gasteiger partial charge in [0.15, 0.2) is 0 Å². The topological polar surface area (TPSA) is 63.1 Å². The molecule has 5 nitrogen and oxygen atoms in total. The van der Waals surface area contributed by atoms with Crippen molar-refractivity contribution < 1.29 is 9.59 Å². The summed E-state index contributed by atoms with van der Waals surface area (Å²) >= 11 is 4.62. The summed E-state index contributed by atoms with van der Waals surface area (Å²) in [5.74, 6) is -0.676. The van der Waals surface area contributed by atoms with Crippen molar-refractivity contribution in [3.63, 3.8) is 0 Å². The van der Waals surface area contributed by atoms with E-state index in [2.05, 4.69) is 26.8 Å². The number of carbonyl (C=O) groups excluding carboxylic acids is 2. The van der Waals surface area contributed by atoms with Crippen molar-refractivity contribution >= 4 is 39.1 Å². The van der Waals surface area contributed by atoms with Crippen LogP contribution in [0.15, 0.2) is 28.2 Å². The molecule has 2 aromatic heterocycles. The number of nitrogens with one attached hydrogen (secondary N) is 2. The molecule has 2 rings (SSSR count). The van der Waals surface area contributed by atoms with Crippen LogP contribution in [0, 0.1) is 6.92 Å². The molecule has 0 atom stereocenters. The van der Waals surface area contributed by atoms with Gasteiger partial charge in [-0.2, -0.15) is 0 Å². The number of thiophene rings is 1. The highest BCUT2D eigenvalue weighted by atomic mass is 79.9. The van der Waals surface area contributed by atoms with Crippen LogP contribution in [0.25, 0.3) is 0 Å². The van der Waals surface area contributed by atoms with Gasteiger partial charge in [0, 0.05) is 17.7 Å². The number of nitrogens with zero attached hydrogens (tertiary/aromatic N) is 1. The average molecular weight is 342 g/mol. The molecule has 0 unspecified atom stereocenters. The van der Waals surface area contributed by atoms with Crippen LogP contribution in [-0.2, 0) is 7.05 Å². The normalized spacial score (nSPS) is 10.3. The first-order valence-electron chi connectivity index (χ1n) is 5.45. The van der Waals surface area contributed by atoms with E-state index in [-0.39, 0.29) is 11.8 Å². The van der Waals surface area contributed by atoms with E-state index in [1.165, 1.54) is 11.3 Å². The zero-order chi connectivity index (χ0) is 14.0. The number of aromatic nitrogens is 1. The lowest BCUT2D eigenvalue weighted by molar-refractivity contribution is 0.0844. The number of hydrogen-bond donors (Lipinski definition) is 2. The Morgan fingerprint density at radius 2 is 2.00 bits per heavy atom. The Bertz CT molecular complexity index is 633. The quantitative estimate of drug-likeness (QED) is 0.822. The maximum absolute atomic E-state index is 11.9. The predicted molar refractivity (Wildman–Crippen MR) is 77.1 cm³/mol. The highest BCUT2D eigenvalue weighted by Gasteiger charge is 2.14. The lowest BCUT2D eigenvalue weighted by atomic mass is 10.3. The minimum absolute atomic E-state index is 0.311. The molecule has 0 aliphatic carbocycles. The predicted octanol–water partition coefficient (Wildman–Crippen LogP) is 2.23. The Morgan fingerprint density at radius 3 is 2.53 bits per heavy atom. The van der Waals surface area contributed by atoms with Crippen LogP contribution >= 0.6 is 27.3 Å². The number of hydrazine groups is 1. The zero-order valence-electron chi connectivity index (χ0n) is 10.4. The molecule has 100 valence electrons. The second-order valence-corrected chi connectivity index (χ2v) is 5.83. The van der Waals surface area contributed by atoms with E-state index in [0.717, 1.165) is 10.0 Å². The number of rotatable bonds is 2. The van der Waals surface area contributed by atoms with Gasteiger partial charge in [-0.1, -0.05) is 0 Å². The SMILES string of the molecule is Cc1ccsc1C(=O)NNC(=O)c1cc(Br)cn1C. The fourth-order valence-corrected chi connectivity index (χ4v) is 2.93. The van der Waals surface area contributed by atoms with E-state index in [1.807, 2.05) is 18.4 Å². The molecular weight excluding hydrogens is 330 g/mol. The summed E-state index contributed by atoms with van der Waals surface area (Å²) in [4.78, 5) is 24.3. The highest BCUT2D eigenvalue weighted by molar-refractivity contribution is 9.10. The molecule has 0 saturated heterocycles. The van der Waals surface area contributed by atoms with Crippen LogP contribution < -0.4 is 10.9 Å². The Labute approximate surface area is 122 Å². The summed E-state index contributed by atoms with van der Waals surface area (Å²) in [7, 11) is 1.75. The fraction of sp³-hybridized carbons (Fsp3) is 0.167. The number of carbonyl (C=O) groups is 2. The molecule has 0 spiro atoms. The van der Waals surface area contributed by atoms with E-state index in [4.69, 9.17) is 0 Å². The molecule has 2 amide bonds. The van der Waals surface area contributed by atoms with Crippen molar-refractivity contribution in [3.8, 4) is 0 Å². The summed E-state index contributed by atoms with van der Waals surface area (Å²) in [5.41, 5.74) is 6.14. The maximum Gasteiger partial charge on any atom is 0.286 e. The van der Waals surface area contributed by atoms with E-state index in [0.29, 0.717) is 10.6 Å². The van der Waals surface area contributed by atoms with Crippen LogP contribution in [-0.4, -0.2) is 16.4 Å². The molecule has 0 aliphatic heterocycles. The second-order valence-electron chi connectivity index (χ2n) is 4.00. The summed E-state index contributed by atoms with van der Waals surface area (Å²) in [6.45, 7) is 1.85. The first-order chi connectivity index (χ1) is 8.99. The van der Waals surface area contributed by atoms with Crippen molar-refractivity contribution in [3.05, 3.63) is 44.3 Å². The van der Waals surface area contributed by atoms with Crippen LogP contribution in [0.3, 0.4) is 0 Å². The number of aryl methyl sites for hydroxylation is 2. The maximum atomic E-state index is 11.9. The van der Waals surface area contributed by atoms with E-state index >= 15 is 0 Å². The van der Waals surface area contributed by atoms with Gasteiger partial charge in [-0.15, -0.1) is 11.3 Å². The lowest BCUT2D eigenvalue weighted by Gasteiger charge is -2.07. The molecule has 2 N–H and O–H groups in total. The summed E-state index contributed by atoms with van der Waals surface area (Å²) < 4.78 is 2.47. The summed E-state index contributed by atoms with van der Waals surface area (Å²) in [6, 6.07) is 3.54. The minimum Gasteiger partial charge on any atom is -0.345 e. The first kappa shape index (κ1) is 13.8. The van der Waals surface area contributed by atoms with Gasteiger partial charge >= 0.3 is 0 Å². The Morgan fingerprint density at radius 1 is 1.32 bits per heavy atom. The van der Waals surface area contributed by atoms with Gasteiger partial charge in [0.1, 0.15) is 5.69 Å². The summed E-state index contributed by atoms with van der Waals surface area (Å²) in [5, 5.41) is 1.83. The Kier molecular flexibility index (Phi) is 4.06. The lowest BCUT2D eigenvalue weighted by Crippen LogP contribution is -2.42. The van der Waals surface area contributed by atoms with Gasteiger partial charge in [-0.3, -0.25) is 20.4 Å². The second kappa shape index (κ2) is 5.58. The molecule has 2 heterocycles. The number of hydrogen-bond acceptors (Lipinski definition) is 3. The third-order valence-electron chi connectivity index (χ3n) is 2.56. The van der Waals surface area contributed by atoms with Crippen molar-refractivity contribution in [1.82, 2.24) is 15.4 Å². The van der Waals surface area contributed by atoms with Gasteiger partial charge in [0.05, 0.1) is 4.88 Å². The summed E-state index contributed by atoms with van der Waals surface area (Å²) in [6.07, 6.45) is 1.76. The van der Waals surface area contributed by atoms with Crippen molar-refractivity contribution in [1.29, 1.82) is 0 Å². The minimum atomic E-state index is -0.365. The van der Waals surface area contributed by atoms with Gasteiger partial charge in [0.25, 0.3) is 11.8 Å². The molecule has 0 aliphatic rings. The van der Waals surface area contributed by atoms with Crippen LogP contribution in [0.2, 0.25) is 0 Å². The third kappa shape index (κ3) is 3.05. The third-order valence-corrected chi connectivity index (χ3v) is 4.01. The van der Waals surface area contributed by atoms with Gasteiger partial charge in [0.2, 0.25) is 0 Å². The molecule has 19 heavy (non-hydrogen) atoms. The van der Waals surface area contributed by atoms with Crippen LogP contribution in [0.1, 0.15) is 25.7 Å². The monoisotopic (exact) mass is 341 g/mol. The van der Waals surface area contributed by atoms with Crippen LogP contribution in [0.5, 0.6) is 0 Å². The highest BCUT2D eigenvalue weighted by Crippen LogP contribution is 2.15. The average Bonchev–Trinajstić information content (AvgIpc) is 2.91. The fourth-order valence-electron chi connectivity index (χ4n) is 1.59. The van der Waals surface area contributed by atoms with Gasteiger partial charge < -0.3 is 4.57 Å². The molecule has 0 bridgehead atoms.